The molecule has 0 aliphatic rings. The molecular formula is C24H36N2O3. The lowest BCUT2D eigenvalue weighted by Crippen LogP contribution is -2.24. The molecule has 2 N–H and O–H groups in total. The van der Waals surface area contributed by atoms with Crippen LogP contribution in [0.25, 0.3) is 10.9 Å². The van der Waals surface area contributed by atoms with Crippen LogP contribution in [0.1, 0.15) is 65.2 Å². The molecule has 0 atom stereocenters. The van der Waals surface area contributed by atoms with Gasteiger partial charge in [-0.3, -0.25) is 4.79 Å². The van der Waals surface area contributed by atoms with Gasteiger partial charge in [-0.15, -0.1) is 0 Å². The Morgan fingerprint density at radius 1 is 1.00 bits per heavy atom. The smallest absolute Gasteiger partial charge is 0.297 e. The van der Waals surface area contributed by atoms with Crippen molar-refractivity contribution in [3.63, 3.8) is 0 Å². The maximum atomic E-state index is 13.3. The minimum absolute atomic E-state index is 0.162. The number of unbranched alkanes of at least 4 members (excludes halogenated alkanes) is 6. The molecule has 0 bridgehead atoms. The Hall–Kier alpha value is -2.43. The van der Waals surface area contributed by atoms with Gasteiger partial charge in [0, 0.05) is 17.6 Å². The maximum Gasteiger partial charge on any atom is 0.297 e. The third kappa shape index (κ3) is 6.28. The minimum Gasteiger partial charge on any atom is -0.489 e. The van der Waals surface area contributed by atoms with E-state index in [1.54, 1.807) is 10.6 Å². The lowest BCUT2D eigenvalue weighted by molar-refractivity contribution is 0.278. The number of ether oxygens (including phenoxy) is 2. The third-order valence-corrected chi connectivity index (χ3v) is 5.03. The summed E-state index contributed by atoms with van der Waals surface area (Å²) in [7, 11) is 0. The summed E-state index contributed by atoms with van der Waals surface area (Å²) in [5.41, 5.74) is 7.32. The number of anilines is 1. The normalized spacial score (nSPS) is 11.0. The van der Waals surface area contributed by atoms with Crippen LogP contribution in [-0.2, 0) is 6.54 Å². The first-order chi connectivity index (χ1) is 14.1. The SMILES string of the molecule is C=CCOc1c(OCCCC)c2ccc(N)cc2n(CCCCCCCC)c1=O. The second-order valence-corrected chi connectivity index (χ2v) is 7.46. The van der Waals surface area contributed by atoms with E-state index in [0.29, 0.717) is 24.6 Å². The number of nitrogen functional groups attached to an aromatic ring is 1. The van der Waals surface area contributed by atoms with Crippen LogP contribution in [0.4, 0.5) is 5.69 Å². The average Bonchev–Trinajstić information content (AvgIpc) is 2.71. The number of nitrogens with two attached hydrogens (primary N) is 1. The molecule has 5 nitrogen and oxygen atoms in total. The molecule has 0 spiro atoms. The molecule has 0 saturated carbocycles. The topological polar surface area (TPSA) is 66.5 Å². The largest absolute Gasteiger partial charge is 0.489 e. The van der Waals surface area contributed by atoms with E-state index in [0.717, 1.165) is 36.6 Å². The zero-order valence-corrected chi connectivity index (χ0v) is 18.0. The summed E-state index contributed by atoms with van der Waals surface area (Å²) in [6.45, 7) is 9.47. The molecule has 0 saturated heterocycles. The summed E-state index contributed by atoms with van der Waals surface area (Å²) in [5.74, 6) is 0.781. The first-order valence-corrected chi connectivity index (χ1v) is 11.0. The quantitative estimate of drug-likeness (QED) is 0.251. The Morgan fingerprint density at radius 2 is 1.72 bits per heavy atom. The second-order valence-electron chi connectivity index (χ2n) is 7.46. The molecule has 0 amide bonds. The van der Waals surface area contributed by atoms with Gasteiger partial charge in [0.25, 0.3) is 5.56 Å². The molecule has 1 aromatic carbocycles. The van der Waals surface area contributed by atoms with Crippen LogP contribution in [0.3, 0.4) is 0 Å². The molecule has 5 heteroatoms. The van der Waals surface area contributed by atoms with Crippen LogP contribution in [0, 0.1) is 0 Å². The maximum absolute atomic E-state index is 13.3. The molecule has 29 heavy (non-hydrogen) atoms. The zero-order valence-electron chi connectivity index (χ0n) is 18.0. The molecule has 0 fully saturated rings. The van der Waals surface area contributed by atoms with Crippen LogP contribution in [-0.4, -0.2) is 17.8 Å². The van der Waals surface area contributed by atoms with E-state index in [1.807, 2.05) is 18.2 Å². The molecular weight excluding hydrogens is 364 g/mol. The van der Waals surface area contributed by atoms with Crippen molar-refractivity contribution in [3.8, 4) is 11.5 Å². The summed E-state index contributed by atoms with van der Waals surface area (Å²) < 4.78 is 13.6. The van der Waals surface area contributed by atoms with E-state index in [1.165, 1.54) is 25.7 Å². The van der Waals surface area contributed by atoms with E-state index in [2.05, 4.69) is 20.4 Å². The highest BCUT2D eigenvalue weighted by Crippen LogP contribution is 2.34. The number of pyridine rings is 1. The highest BCUT2D eigenvalue weighted by Gasteiger charge is 2.19. The third-order valence-electron chi connectivity index (χ3n) is 5.03. The molecule has 2 rings (SSSR count). The number of aromatic nitrogens is 1. The first kappa shape index (κ1) is 22.9. The fourth-order valence-corrected chi connectivity index (χ4v) is 3.42. The Labute approximate surface area is 174 Å². The molecule has 160 valence electrons. The Balaban J connectivity index is 2.41. The summed E-state index contributed by atoms with van der Waals surface area (Å²) >= 11 is 0. The van der Waals surface area contributed by atoms with Crippen molar-refractivity contribution in [2.24, 2.45) is 0 Å². The Morgan fingerprint density at radius 3 is 2.45 bits per heavy atom. The summed E-state index contributed by atoms with van der Waals surface area (Å²) in [6.07, 6.45) is 10.6. The summed E-state index contributed by atoms with van der Waals surface area (Å²) in [6, 6.07) is 5.62. The molecule has 0 radical (unpaired) electrons. The molecule has 0 aliphatic carbocycles. The van der Waals surface area contributed by atoms with Crippen molar-refractivity contribution < 1.29 is 9.47 Å². The Bertz CT molecular complexity index is 842. The van der Waals surface area contributed by atoms with Crippen molar-refractivity contribution in [2.45, 2.75) is 71.8 Å². The first-order valence-electron chi connectivity index (χ1n) is 11.0. The molecule has 1 aromatic heterocycles. The van der Waals surface area contributed by atoms with Gasteiger partial charge in [-0.05, 0) is 31.0 Å². The number of hydrogen-bond acceptors (Lipinski definition) is 4. The van der Waals surface area contributed by atoms with Crippen molar-refractivity contribution >= 4 is 16.6 Å². The highest BCUT2D eigenvalue weighted by atomic mass is 16.5. The van der Waals surface area contributed by atoms with Crippen molar-refractivity contribution in [3.05, 3.63) is 41.2 Å². The van der Waals surface area contributed by atoms with Gasteiger partial charge < -0.3 is 19.8 Å². The predicted octanol–water partition coefficient (Wildman–Crippen LogP) is 5.69. The van der Waals surface area contributed by atoms with E-state index in [9.17, 15) is 4.79 Å². The van der Waals surface area contributed by atoms with E-state index >= 15 is 0 Å². The number of hydrogen-bond donors (Lipinski definition) is 1. The van der Waals surface area contributed by atoms with Gasteiger partial charge in [-0.1, -0.05) is 65.0 Å². The summed E-state index contributed by atoms with van der Waals surface area (Å²) in [4.78, 5) is 13.3. The van der Waals surface area contributed by atoms with Gasteiger partial charge in [-0.2, -0.15) is 0 Å². The van der Waals surface area contributed by atoms with E-state index in [-0.39, 0.29) is 17.9 Å². The van der Waals surface area contributed by atoms with E-state index < -0.39 is 0 Å². The average molecular weight is 401 g/mol. The number of rotatable bonds is 14. The number of fused-ring (bicyclic) bond motifs is 1. The molecule has 0 aliphatic heterocycles. The van der Waals surface area contributed by atoms with Gasteiger partial charge in [0.1, 0.15) is 6.61 Å². The number of nitrogens with zero attached hydrogens (tertiary/aromatic N) is 1. The number of benzene rings is 1. The zero-order chi connectivity index (χ0) is 21.1. The van der Waals surface area contributed by atoms with Crippen LogP contribution < -0.4 is 20.8 Å². The van der Waals surface area contributed by atoms with Gasteiger partial charge in [0.05, 0.1) is 12.1 Å². The highest BCUT2D eigenvalue weighted by molar-refractivity contribution is 5.90. The van der Waals surface area contributed by atoms with Crippen LogP contribution in [0.2, 0.25) is 0 Å². The van der Waals surface area contributed by atoms with Crippen molar-refractivity contribution in [1.82, 2.24) is 4.57 Å². The van der Waals surface area contributed by atoms with Crippen LogP contribution in [0.5, 0.6) is 11.5 Å². The Kier molecular flexibility index (Phi) is 9.62. The lowest BCUT2D eigenvalue weighted by Gasteiger charge is -2.18. The van der Waals surface area contributed by atoms with Crippen LogP contribution >= 0.6 is 0 Å². The fourth-order valence-electron chi connectivity index (χ4n) is 3.42. The lowest BCUT2D eigenvalue weighted by atomic mass is 10.1. The van der Waals surface area contributed by atoms with E-state index in [4.69, 9.17) is 15.2 Å². The fraction of sp³-hybridized carbons (Fsp3) is 0.542. The minimum atomic E-state index is -0.162. The van der Waals surface area contributed by atoms with Gasteiger partial charge in [0.2, 0.25) is 5.75 Å². The molecule has 1 heterocycles. The predicted molar refractivity (Wildman–Crippen MR) is 122 cm³/mol. The van der Waals surface area contributed by atoms with Crippen LogP contribution in [0.15, 0.2) is 35.6 Å². The molecule has 0 unspecified atom stereocenters. The van der Waals surface area contributed by atoms with Gasteiger partial charge in [-0.25, -0.2) is 0 Å². The summed E-state index contributed by atoms with van der Waals surface area (Å²) in [5, 5.41) is 0.861. The van der Waals surface area contributed by atoms with Gasteiger partial charge >= 0.3 is 0 Å². The molecule has 2 aromatic rings. The standard InChI is InChI=1S/C24H36N2O3/c1-4-7-9-10-11-12-15-26-21-18-19(25)13-14-20(21)22(29-17-8-5-2)23(24(26)27)28-16-6-3/h6,13-14,18H,3-5,7-12,15-17,25H2,1-2H3. The van der Waals surface area contributed by atoms with Crippen molar-refractivity contribution in [2.75, 3.05) is 18.9 Å². The second kappa shape index (κ2) is 12.2. The van der Waals surface area contributed by atoms with Gasteiger partial charge in [0.15, 0.2) is 5.75 Å². The monoisotopic (exact) mass is 400 g/mol. The van der Waals surface area contributed by atoms with Crippen molar-refractivity contribution in [1.29, 1.82) is 0 Å². The number of aryl methyl sites for hydroxylation is 1.